The minimum absolute atomic E-state index is 0.258. The number of rotatable bonds is 3. The number of benzene rings is 2. The Balaban J connectivity index is 1.66. The van der Waals surface area contributed by atoms with Gasteiger partial charge < -0.3 is 14.5 Å². The van der Waals surface area contributed by atoms with Gasteiger partial charge in [-0.05, 0) is 23.8 Å². The summed E-state index contributed by atoms with van der Waals surface area (Å²) in [5, 5.41) is 0.844. The van der Waals surface area contributed by atoms with Crippen LogP contribution in [0.1, 0.15) is 21.5 Å². The number of aromatic nitrogens is 1. The van der Waals surface area contributed by atoms with E-state index in [1.807, 2.05) is 54.6 Å². The Hall–Kier alpha value is -3.01. The largest absolute Gasteiger partial charge is 0.489 e. The second kappa shape index (κ2) is 5.65. The van der Waals surface area contributed by atoms with Gasteiger partial charge in [0.25, 0.3) is 0 Å². The molecule has 4 rings (SSSR count). The summed E-state index contributed by atoms with van der Waals surface area (Å²) in [6.45, 7) is 0.810. The van der Waals surface area contributed by atoms with E-state index in [0.29, 0.717) is 12.2 Å². The fourth-order valence-corrected chi connectivity index (χ4v) is 2.79. The van der Waals surface area contributed by atoms with Gasteiger partial charge in [0.15, 0.2) is 0 Å². The second-order valence-electron chi connectivity index (χ2n) is 5.38. The van der Waals surface area contributed by atoms with E-state index in [4.69, 9.17) is 9.47 Å². The first kappa shape index (κ1) is 13.6. The first-order valence-corrected chi connectivity index (χ1v) is 7.47. The molecule has 0 amide bonds. The minimum atomic E-state index is -0.340. The molecule has 0 spiro atoms. The number of esters is 1. The Morgan fingerprint density at radius 2 is 2.04 bits per heavy atom. The van der Waals surface area contributed by atoms with E-state index in [2.05, 4.69) is 4.98 Å². The molecule has 0 radical (unpaired) electrons. The number of hydrogen-bond acceptors (Lipinski definition) is 3. The lowest BCUT2D eigenvalue weighted by atomic mass is 10.0. The van der Waals surface area contributed by atoms with Gasteiger partial charge in [-0.2, -0.15) is 0 Å². The highest BCUT2D eigenvalue weighted by molar-refractivity contribution is 6.08. The van der Waals surface area contributed by atoms with Crippen molar-refractivity contribution in [3.63, 3.8) is 0 Å². The molecule has 0 saturated carbocycles. The van der Waals surface area contributed by atoms with Crippen molar-refractivity contribution in [3.05, 3.63) is 71.4 Å². The van der Waals surface area contributed by atoms with Crippen LogP contribution in [0.3, 0.4) is 0 Å². The smallest absolute Gasteiger partial charge is 0.340 e. The molecule has 2 heterocycles. The van der Waals surface area contributed by atoms with Crippen LogP contribution in [0.5, 0.6) is 5.75 Å². The average Bonchev–Trinajstić information content (AvgIpc) is 3.05. The molecule has 1 aliphatic rings. The molecule has 0 bridgehead atoms. The van der Waals surface area contributed by atoms with Gasteiger partial charge in [0.1, 0.15) is 19.0 Å². The molecular formula is C19H15NO3. The quantitative estimate of drug-likeness (QED) is 0.746. The Morgan fingerprint density at radius 1 is 1.17 bits per heavy atom. The molecule has 4 nitrogen and oxygen atoms in total. The highest BCUT2D eigenvalue weighted by Gasteiger charge is 2.19. The number of nitrogens with one attached hydrogen (secondary N) is 1. The van der Waals surface area contributed by atoms with Gasteiger partial charge in [-0.1, -0.05) is 36.4 Å². The molecule has 114 valence electrons. The van der Waals surface area contributed by atoms with Crippen LogP contribution in [0.4, 0.5) is 0 Å². The van der Waals surface area contributed by atoms with Crippen molar-refractivity contribution in [1.82, 2.24) is 4.98 Å². The fraction of sp³-hybridized carbons (Fsp3) is 0.105. The van der Waals surface area contributed by atoms with Crippen molar-refractivity contribution in [2.75, 3.05) is 6.61 Å². The van der Waals surface area contributed by atoms with Crippen molar-refractivity contribution in [3.8, 4) is 5.75 Å². The SMILES string of the molecule is O=C(OCc1ccccc1)c1c[nH]c2ccc3c(c12)C=CCO3. The molecule has 0 saturated heterocycles. The number of H-pyrrole nitrogens is 1. The first-order valence-electron chi connectivity index (χ1n) is 7.47. The van der Waals surface area contributed by atoms with E-state index in [1.165, 1.54) is 0 Å². The van der Waals surface area contributed by atoms with E-state index in [0.717, 1.165) is 27.8 Å². The lowest BCUT2D eigenvalue weighted by molar-refractivity contribution is 0.0475. The second-order valence-corrected chi connectivity index (χ2v) is 5.38. The monoisotopic (exact) mass is 305 g/mol. The summed E-state index contributed by atoms with van der Waals surface area (Å²) in [5.74, 6) is 0.448. The molecule has 0 unspecified atom stereocenters. The Morgan fingerprint density at radius 3 is 2.91 bits per heavy atom. The third kappa shape index (κ3) is 2.48. The number of fused-ring (bicyclic) bond motifs is 3. The summed E-state index contributed by atoms with van der Waals surface area (Å²) >= 11 is 0. The Kier molecular flexibility index (Phi) is 3.35. The third-order valence-electron chi connectivity index (χ3n) is 3.90. The van der Waals surface area contributed by atoms with E-state index in [9.17, 15) is 4.79 Å². The van der Waals surface area contributed by atoms with Crippen LogP contribution in [-0.4, -0.2) is 17.6 Å². The predicted molar refractivity (Wildman–Crippen MR) is 88.4 cm³/mol. The van der Waals surface area contributed by atoms with Crippen molar-refractivity contribution in [2.45, 2.75) is 6.61 Å². The number of aromatic amines is 1. The van der Waals surface area contributed by atoms with Gasteiger partial charge in [-0.25, -0.2) is 4.79 Å². The molecule has 4 heteroatoms. The molecule has 3 aromatic rings. The van der Waals surface area contributed by atoms with Crippen LogP contribution in [0.2, 0.25) is 0 Å². The van der Waals surface area contributed by atoms with Gasteiger partial charge in [0.05, 0.1) is 5.56 Å². The Labute approximate surface area is 133 Å². The van der Waals surface area contributed by atoms with Crippen molar-refractivity contribution >= 4 is 22.9 Å². The van der Waals surface area contributed by atoms with Gasteiger partial charge in [-0.15, -0.1) is 0 Å². The third-order valence-corrected chi connectivity index (χ3v) is 3.90. The molecule has 1 aliphatic heterocycles. The molecule has 0 aliphatic carbocycles. The van der Waals surface area contributed by atoms with Crippen LogP contribution in [0.25, 0.3) is 17.0 Å². The zero-order valence-corrected chi connectivity index (χ0v) is 12.4. The highest BCUT2D eigenvalue weighted by atomic mass is 16.5. The molecule has 23 heavy (non-hydrogen) atoms. The summed E-state index contributed by atoms with van der Waals surface area (Å²) in [7, 11) is 0. The van der Waals surface area contributed by atoms with Gasteiger partial charge in [0, 0.05) is 22.7 Å². The lowest BCUT2D eigenvalue weighted by Gasteiger charge is -2.13. The predicted octanol–water partition coefficient (Wildman–Crippen LogP) is 3.93. The minimum Gasteiger partial charge on any atom is -0.489 e. The van der Waals surface area contributed by atoms with Gasteiger partial charge >= 0.3 is 5.97 Å². The van der Waals surface area contributed by atoms with Gasteiger partial charge in [-0.3, -0.25) is 0 Å². The summed E-state index contributed by atoms with van der Waals surface area (Å²) in [6.07, 6.45) is 5.62. The summed E-state index contributed by atoms with van der Waals surface area (Å²) in [4.78, 5) is 15.6. The van der Waals surface area contributed by atoms with Crippen molar-refractivity contribution < 1.29 is 14.3 Å². The van der Waals surface area contributed by atoms with E-state index >= 15 is 0 Å². The molecule has 0 atom stereocenters. The van der Waals surface area contributed by atoms with Crippen LogP contribution < -0.4 is 4.74 Å². The lowest BCUT2D eigenvalue weighted by Crippen LogP contribution is -2.06. The molecule has 0 fully saturated rings. The number of hydrogen-bond donors (Lipinski definition) is 1. The van der Waals surface area contributed by atoms with Crippen LogP contribution in [0, 0.1) is 0 Å². The van der Waals surface area contributed by atoms with Crippen LogP contribution >= 0.6 is 0 Å². The zero-order chi connectivity index (χ0) is 15.6. The molecular weight excluding hydrogens is 290 g/mol. The van der Waals surface area contributed by atoms with Crippen LogP contribution in [0.15, 0.2) is 54.7 Å². The number of carbonyl (C=O) groups is 1. The normalized spacial score (nSPS) is 12.7. The van der Waals surface area contributed by atoms with E-state index in [1.54, 1.807) is 6.20 Å². The summed E-state index contributed by atoms with van der Waals surface area (Å²) in [6, 6.07) is 13.5. The van der Waals surface area contributed by atoms with Gasteiger partial charge in [0.2, 0.25) is 0 Å². The number of carbonyl (C=O) groups excluding carboxylic acids is 1. The summed E-state index contributed by atoms with van der Waals surface area (Å²) in [5.41, 5.74) is 3.31. The van der Waals surface area contributed by atoms with Crippen molar-refractivity contribution in [1.29, 1.82) is 0 Å². The van der Waals surface area contributed by atoms with Crippen molar-refractivity contribution in [2.24, 2.45) is 0 Å². The zero-order valence-electron chi connectivity index (χ0n) is 12.4. The molecule has 1 aromatic heterocycles. The first-order chi connectivity index (χ1) is 11.3. The average molecular weight is 305 g/mol. The topological polar surface area (TPSA) is 51.3 Å². The highest BCUT2D eigenvalue weighted by Crippen LogP contribution is 2.33. The Bertz CT molecular complexity index is 894. The maximum absolute atomic E-state index is 12.5. The standard InChI is InChI=1S/C19H15NO3/c21-19(23-12-13-5-2-1-3-6-13)15-11-20-16-8-9-17-14(18(15)16)7-4-10-22-17/h1-9,11,20H,10,12H2. The molecule has 2 aromatic carbocycles. The van der Waals surface area contributed by atoms with E-state index < -0.39 is 0 Å². The maximum atomic E-state index is 12.5. The number of ether oxygens (including phenoxy) is 2. The fourth-order valence-electron chi connectivity index (χ4n) is 2.79. The van der Waals surface area contributed by atoms with E-state index in [-0.39, 0.29) is 12.6 Å². The van der Waals surface area contributed by atoms with Crippen LogP contribution in [-0.2, 0) is 11.3 Å². The maximum Gasteiger partial charge on any atom is 0.340 e. The molecule has 1 N–H and O–H groups in total. The summed E-state index contributed by atoms with van der Waals surface area (Å²) < 4.78 is 11.1.